The lowest BCUT2D eigenvalue weighted by molar-refractivity contribution is -0.111. The van der Waals surface area contributed by atoms with E-state index in [1.54, 1.807) is 37.5 Å². The Bertz CT molecular complexity index is 1360. The number of anilines is 1. The van der Waals surface area contributed by atoms with Crippen LogP contribution in [-0.4, -0.2) is 26.7 Å². The van der Waals surface area contributed by atoms with Crippen LogP contribution in [0.3, 0.4) is 0 Å². The molecule has 0 aliphatic rings. The largest absolute Gasteiger partial charge is 0.495 e. The van der Waals surface area contributed by atoms with Crippen molar-refractivity contribution in [3.63, 3.8) is 0 Å². The Hall–Kier alpha value is -4.44. The Kier molecular flexibility index (Phi) is 5.95. The van der Waals surface area contributed by atoms with Gasteiger partial charge in [-0.25, -0.2) is 0 Å². The summed E-state index contributed by atoms with van der Waals surface area (Å²) in [6.45, 7) is -0.0780. The van der Waals surface area contributed by atoms with Crippen molar-refractivity contribution in [2.75, 3.05) is 26.1 Å². The molecule has 0 unspecified atom stereocenters. The van der Waals surface area contributed by atoms with E-state index in [1.807, 2.05) is 36.4 Å². The van der Waals surface area contributed by atoms with Gasteiger partial charge in [0.1, 0.15) is 23.0 Å². The van der Waals surface area contributed by atoms with E-state index in [2.05, 4.69) is 5.32 Å². The maximum atomic E-state index is 12.5. The quantitative estimate of drug-likeness (QED) is 0.409. The van der Waals surface area contributed by atoms with Crippen molar-refractivity contribution in [1.82, 2.24) is 0 Å². The van der Waals surface area contributed by atoms with Gasteiger partial charge in [-0.2, -0.15) is 5.26 Å². The Morgan fingerprint density at radius 1 is 1.00 bits per heavy atom. The minimum Gasteiger partial charge on any atom is -0.495 e. The molecule has 0 radical (unpaired) electrons. The average molecular weight is 428 g/mol. The zero-order chi connectivity index (χ0) is 22.5. The Labute approximate surface area is 184 Å². The lowest BCUT2D eigenvalue weighted by Gasteiger charge is -2.09. The molecular formula is C25H20N2O5. The average Bonchev–Trinajstić information content (AvgIpc) is 3.18. The predicted molar refractivity (Wildman–Crippen MR) is 122 cm³/mol. The van der Waals surface area contributed by atoms with Crippen molar-refractivity contribution < 1.29 is 23.4 Å². The lowest BCUT2D eigenvalue weighted by atomic mass is 10.1. The van der Waals surface area contributed by atoms with Crippen molar-refractivity contribution >= 4 is 39.6 Å². The summed E-state index contributed by atoms with van der Waals surface area (Å²) in [6, 6.07) is 18.4. The van der Waals surface area contributed by atoms with E-state index < -0.39 is 0 Å². The van der Waals surface area contributed by atoms with E-state index in [0.29, 0.717) is 28.5 Å². The van der Waals surface area contributed by atoms with Crippen LogP contribution in [0.4, 0.5) is 5.69 Å². The predicted octanol–water partition coefficient (Wildman–Crippen LogP) is 5.16. The van der Waals surface area contributed by atoms with Crippen LogP contribution >= 0.6 is 0 Å². The van der Waals surface area contributed by atoms with E-state index in [-0.39, 0.29) is 12.5 Å². The summed E-state index contributed by atoms with van der Waals surface area (Å²) in [4.78, 5) is 12.5. The third-order valence-corrected chi connectivity index (χ3v) is 4.86. The molecule has 1 aromatic heterocycles. The van der Waals surface area contributed by atoms with E-state index in [0.717, 1.165) is 21.9 Å². The van der Waals surface area contributed by atoms with Crippen LogP contribution in [0, 0.1) is 11.3 Å². The summed E-state index contributed by atoms with van der Waals surface area (Å²) in [5, 5.41) is 13.4. The fourth-order valence-electron chi connectivity index (χ4n) is 3.38. The molecule has 32 heavy (non-hydrogen) atoms. The van der Waals surface area contributed by atoms with E-state index in [9.17, 15) is 4.79 Å². The number of nitrogens with zero attached hydrogens (tertiary/aromatic N) is 1. The van der Waals surface area contributed by atoms with Crippen LogP contribution in [0.25, 0.3) is 28.0 Å². The van der Waals surface area contributed by atoms with Crippen molar-refractivity contribution in [2.24, 2.45) is 0 Å². The SMILES string of the molecule is COc1cc2c(cc1NC(=O)/C=C/c1ccc(OCC#N)c(OC)c1)oc1ccccc12. The highest BCUT2D eigenvalue weighted by Gasteiger charge is 2.13. The van der Waals surface area contributed by atoms with Crippen LogP contribution in [0.1, 0.15) is 5.56 Å². The number of amides is 1. The van der Waals surface area contributed by atoms with Crippen LogP contribution < -0.4 is 19.5 Å². The number of benzene rings is 3. The van der Waals surface area contributed by atoms with Crippen LogP contribution in [0.2, 0.25) is 0 Å². The monoisotopic (exact) mass is 428 g/mol. The molecule has 0 spiro atoms. The summed E-state index contributed by atoms with van der Waals surface area (Å²) >= 11 is 0. The molecule has 1 amide bonds. The summed E-state index contributed by atoms with van der Waals surface area (Å²) < 4.78 is 22.0. The number of methoxy groups -OCH3 is 2. The van der Waals surface area contributed by atoms with Gasteiger partial charge in [-0.3, -0.25) is 4.79 Å². The number of rotatable bonds is 7. The summed E-state index contributed by atoms with van der Waals surface area (Å²) in [5.74, 6) is 1.13. The molecule has 0 bridgehead atoms. The number of fused-ring (bicyclic) bond motifs is 3. The molecule has 1 N–H and O–H groups in total. The number of nitriles is 1. The topological polar surface area (TPSA) is 93.7 Å². The molecule has 7 nitrogen and oxygen atoms in total. The number of hydrogen-bond donors (Lipinski definition) is 1. The van der Waals surface area contributed by atoms with E-state index in [1.165, 1.54) is 13.2 Å². The van der Waals surface area contributed by atoms with Crippen LogP contribution in [0.5, 0.6) is 17.2 Å². The second-order valence-corrected chi connectivity index (χ2v) is 6.83. The number of hydrogen-bond acceptors (Lipinski definition) is 6. The van der Waals surface area contributed by atoms with E-state index >= 15 is 0 Å². The highest BCUT2D eigenvalue weighted by molar-refractivity contribution is 6.09. The first kappa shape index (κ1) is 20.8. The molecule has 160 valence electrons. The smallest absolute Gasteiger partial charge is 0.248 e. The molecule has 1 heterocycles. The van der Waals surface area contributed by atoms with Gasteiger partial charge in [0.15, 0.2) is 18.1 Å². The number of para-hydroxylation sites is 1. The van der Waals surface area contributed by atoms with Crippen molar-refractivity contribution in [2.45, 2.75) is 0 Å². The van der Waals surface area contributed by atoms with Gasteiger partial charge >= 0.3 is 0 Å². The second kappa shape index (κ2) is 9.14. The van der Waals surface area contributed by atoms with Gasteiger partial charge in [0.2, 0.25) is 5.91 Å². The molecule has 0 aliphatic heterocycles. The van der Waals surface area contributed by atoms with Gasteiger partial charge in [-0.1, -0.05) is 24.3 Å². The molecule has 0 atom stereocenters. The van der Waals surface area contributed by atoms with E-state index in [4.69, 9.17) is 23.9 Å². The summed E-state index contributed by atoms with van der Waals surface area (Å²) in [5.41, 5.74) is 2.67. The van der Waals surface area contributed by atoms with Crippen LogP contribution in [-0.2, 0) is 4.79 Å². The number of nitrogens with one attached hydrogen (secondary N) is 1. The van der Waals surface area contributed by atoms with Gasteiger partial charge < -0.3 is 23.9 Å². The van der Waals surface area contributed by atoms with Gasteiger partial charge in [0.05, 0.1) is 19.9 Å². The molecule has 0 fully saturated rings. The van der Waals surface area contributed by atoms with Crippen LogP contribution in [0.15, 0.2) is 65.1 Å². The first-order valence-electron chi connectivity index (χ1n) is 9.79. The molecule has 0 saturated heterocycles. The highest BCUT2D eigenvalue weighted by Crippen LogP contribution is 2.36. The Balaban J connectivity index is 1.55. The molecule has 4 rings (SSSR count). The summed E-state index contributed by atoms with van der Waals surface area (Å²) in [6.07, 6.45) is 3.06. The van der Waals surface area contributed by atoms with Crippen molar-refractivity contribution in [3.8, 4) is 23.3 Å². The third-order valence-electron chi connectivity index (χ3n) is 4.86. The molecular weight excluding hydrogens is 408 g/mol. The normalized spacial score (nSPS) is 10.9. The first-order chi connectivity index (χ1) is 15.6. The summed E-state index contributed by atoms with van der Waals surface area (Å²) in [7, 11) is 3.06. The zero-order valence-corrected chi connectivity index (χ0v) is 17.5. The molecule has 4 aromatic rings. The molecule has 7 heteroatoms. The number of ether oxygens (including phenoxy) is 3. The standard InChI is InChI=1S/C25H20N2O5/c1-29-23-14-18-17-5-3-4-6-20(17)32-22(18)15-19(23)27-25(28)10-8-16-7-9-21(31-12-11-26)24(13-16)30-2/h3-10,13-15H,12H2,1-2H3,(H,27,28)/b10-8+. The molecule has 3 aromatic carbocycles. The van der Waals surface area contributed by atoms with Gasteiger partial charge in [0.25, 0.3) is 0 Å². The lowest BCUT2D eigenvalue weighted by Crippen LogP contribution is -2.08. The number of furan rings is 1. The molecule has 0 saturated carbocycles. The van der Waals surface area contributed by atoms with Crippen molar-refractivity contribution in [3.05, 3.63) is 66.2 Å². The first-order valence-corrected chi connectivity index (χ1v) is 9.79. The highest BCUT2D eigenvalue weighted by atomic mass is 16.5. The third kappa shape index (κ3) is 4.20. The zero-order valence-electron chi connectivity index (χ0n) is 17.5. The van der Waals surface area contributed by atoms with Gasteiger partial charge in [-0.15, -0.1) is 0 Å². The Morgan fingerprint density at radius 3 is 2.59 bits per heavy atom. The maximum absolute atomic E-state index is 12.5. The molecule has 0 aliphatic carbocycles. The van der Waals surface area contributed by atoms with Gasteiger partial charge in [0, 0.05) is 22.9 Å². The minimum absolute atomic E-state index is 0.0780. The van der Waals surface area contributed by atoms with Gasteiger partial charge in [-0.05, 0) is 35.9 Å². The maximum Gasteiger partial charge on any atom is 0.248 e. The minimum atomic E-state index is -0.331. The second-order valence-electron chi connectivity index (χ2n) is 6.83. The fraction of sp³-hybridized carbons (Fsp3) is 0.120. The Morgan fingerprint density at radius 2 is 1.81 bits per heavy atom. The fourth-order valence-corrected chi connectivity index (χ4v) is 3.38. The van der Waals surface area contributed by atoms with Crippen molar-refractivity contribution in [1.29, 1.82) is 5.26 Å². The number of carbonyl (C=O) groups excluding carboxylic acids is 1. The number of carbonyl (C=O) groups is 1.